The quantitative estimate of drug-likeness (QED) is 0.873. The predicted molar refractivity (Wildman–Crippen MR) is 67.6 cm³/mol. The second kappa shape index (κ2) is 4.65. The highest BCUT2D eigenvalue weighted by atomic mass is 32.2. The van der Waals surface area contributed by atoms with E-state index in [9.17, 15) is 18.0 Å². The van der Waals surface area contributed by atoms with E-state index in [1.54, 1.807) is 0 Å². The summed E-state index contributed by atoms with van der Waals surface area (Å²) in [6, 6.07) is 5.84. The van der Waals surface area contributed by atoms with Crippen LogP contribution >= 0.6 is 0 Å². The van der Waals surface area contributed by atoms with Crippen LogP contribution in [0.3, 0.4) is 0 Å². The smallest absolute Gasteiger partial charge is 0.308 e. The molecule has 0 spiro atoms. The Morgan fingerprint density at radius 2 is 1.89 bits per heavy atom. The molecule has 0 aliphatic carbocycles. The Balaban J connectivity index is 2.24. The number of hydrogen-bond donors (Lipinski definition) is 1. The van der Waals surface area contributed by atoms with E-state index in [-0.39, 0.29) is 23.8 Å². The lowest BCUT2D eigenvalue weighted by molar-refractivity contribution is -0.141. The molecule has 1 aromatic rings. The van der Waals surface area contributed by atoms with Gasteiger partial charge in [0.05, 0.1) is 10.8 Å². The molecule has 0 bridgehead atoms. The van der Waals surface area contributed by atoms with Gasteiger partial charge in [-0.1, -0.05) is 0 Å². The number of rotatable bonds is 3. The first-order chi connectivity index (χ1) is 8.79. The van der Waals surface area contributed by atoms with Gasteiger partial charge in [0.15, 0.2) is 9.84 Å². The van der Waals surface area contributed by atoms with Gasteiger partial charge in [0, 0.05) is 24.9 Å². The number of amides is 1. The number of carboxylic acids is 1. The Morgan fingerprint density at radius 3 is 2.32 bits per heavy atom. The third kappa shape index (κ3) is 2.76. The van der Waals surface area contributed by atoms with Crippen molar-refractivity contribution in [3.8, 4) is 0 Å². The largest absolute Gasteiger partial charge is 0.481 e. The fraction of sp³-hybridized carbons (Fsp3) is 0.333. The molecule has 1 heterocycles. The van der Waals surface area contributed by atoms with E-state index in [1.807, 2.05) is 0 Å². The second-order valence-corrected chi connectivity index (χ2v) is 6.53. The Bertz CT molecular complexity index is 620. The zero-order valence-corrected chi connectivity index (χ0v) is 11.1. The van der Waals surface area contributed by atoms with E-state index in [1.165, 1.54) is 29.2 Å². The number of anilines is 1. The van der Waals surface area contributed by atoms with Crippen LogP contribution < -0.4 is 4.90 Å². The molecule has 1 N–H and O–H groups in total. The van der Waals surface area contributed by atoms with Gasteiger partial charge in [0.1, 0.15) is 0 Å². The molecular weight excluding hydrogens is 270 g/mol. The number of sulfone groups is 1. The van der Waals surface area contributed by atoms with Crippen LogP contribution in [-0.2, 0) is 19.4 Å². The monoisotopic (exact) mass is 283 g/mol. The van der Waals surface area contributed by atoms with E-state index >= 15 is 0 Å². The predicted octanol–water partition coefficient (Wildman–Crippen LogP) is 0.528. The van der Waals surface area contributed by atoms with Gasteiger partial charge in [-0.15, -0.1) is 0 Å². The summed E-state index contributed by atoms with van der Waals surface area (Å²) in [4.78, 5) is 24.1. The van der Waals surface area contributed by atoms with Crippen LogP contribution in [0.4, 0.5) is 5.69 Å². The molecule has 1 aliphatic heterocycles. The van der Waals surface area contributed by atoms with Crippen molar-refractivity contribution in [2.24, 2.45) is 5.92 Å². The van der Waals surface area contributed by atoms with Gasteiger partial charge in [-0.25, -0.2) is 8.42 Å². The molecule has 7 heteroatoms. The van der Waals surface area contributed by atoms with E-state index in [0.717, 1.165) is 6.26 Å². The molecule has 1 atom stereocenters. The maximum absolute atomic E-state index is 11.7. The van der Waals surface area contributed by atoms with Gasteiger partial charge in [-0.3, -0.25) is 9.59 Å². The van der Waals surface area contributed by atoms with Crippen LogP contribution in [0.15, 0.2) is 29.2 Å². The van der Waals surface area contributed by atoms with Gasteiger partial charge in [-0.05, 0) is 24.3 Å². The maximum atomic E-state index is 11.7. The highest BCUT2D eigenvalue weighted by Gasteiger charge is 2.35. The standard InChI is InChI=1S/C12H13NO5S/c1-19(17,18)10-4-2-9(3-5-10)13-7-8(12(15)16)6-11(13)14/h2-5,8H,6-7H2,1H3,(H,15,16). The Hall–Kier alpha value is -1.89. The van der Waals surface area contributed by atoms with Crippen molar-refractivity contribution in [3.05, 3.63) is 24.3 Å². The van der Waals surface area contributed by atoms with Gasteiger partial charge in [0.2, 0.25) is 5.91 Å². The van der Waals surface area contributed by atoms with Crippen molar-refractivity contribution >= 4 is 27.4 Å². The third-order valence-corrected chi connectivity index (χ3v) is 4.18. The first-order valence-corrected chi connectivity index (χ1v) is 7.51. The Morgan fingerprint density at radius 1 is 1.32 bits per heavy atom. The summed E-state index contributed by atoms with van der Waals surface area (Å²) >= 11 is 0. The lowest BCUT2D eigenvalue weighted by Crippen LogP contribution is -2.25. The van der Waals surface area contributed by atoms with Crippen molar-refractivity contribution in [1.29, 1.82) is 0 Å². The lowest BCUT2D eigenvalue weighted by Gasteiger charge is -2.16. The van der Waals surface area contributed by atoms with Crippen molar-refractivity contribution in [1.82, 2.24) is 0 Å². The van der Waals surface area contributed by atoms with E-state index in [2.05, 4.69) is 0 Å². The van der Waals surface area contributed by atoms with Crippen LogP contribution in [0.1, 0.15) is 6.42 Å². The van der Waals surface area contributed by atoms with Crippen LogP contribution in [-0.4, -0.2) is 38.2 Å². The number of carbonyl (C=O) groups excluding carboxylic acids is 1. The summed E-state index contributed by atoms with van der Waals surface area (Å²) in [5, 5.41) is 8.89. The average molecular weight is 283 g/mol. The normalized spacial score (nSPS) is 19.7. The van der Waals surface area contributed by atoms with Crippen molar-refractivity contribution in [3.63, 3.8) is 0 Å². The summed E-state index contributed by atoms with van der Waals surface area (Å²) in [6.45, 7) is 0.117. The Labute approximate surface area is 110 Å². The minimum Gasteiger partial charge on any atom is -0.481 e. The zero-order chi connectivity index (χ0) is 14.2. The Kier molecular flexibility index (Phi) is 3.32. The van der Waals surface area contributed by atoms with Crippen molar-refractivity contribution in [2.75, 3.05) is 17.7 Å². The number of carboxylic acid groups (broad SMARTS) is 1. The van der Waals surface area contributed by atoms with E-state index in [4.69, 9.17) is 5.11 Å². The fourth-order valence-corrected chi connectivity index (χ4v) is 2.63. The van der Waals surface area contributed by atoms with Gasteiger partial charge in [-0.2, -0.15) is 0 Å². The third-order valence-electron chi connectivity index (χ3n) is 3.05. The minimum absolute atomic E-state index is 0.0246. The average Bonchev–Trinajstić information content (AvgIpc) is 2.70. The maximum Gasteiger partial charge on any atom is 0.308 e. The summed E-state index contributed by atoms with van der Waals surface area (Å²) < 4.78 is 22.6. The molecule has 1 unspecified atom stereocenters. The van der Waals surface area contributed by atoms with Crippen LogP contribution in [0, 0.1) is 5.92 Å². The number of carbonyl (C=O) groups is 2. The van der Waals surface area contributed by atoms with E-state index in [0.29, 0.717) is 5.69 Å². The minimum atomic E-state index is -3.28. The van der Waals surface area contributed by atoms with Crippen LogP contribution in [0.2, 0.25) is 0 Å². The van der Waals surface area contributed by atoms with Gasteiger partial charge < -0.3 is 10.0 Å². The molecule has 19 heavy (non-hydrogen) atoms. The van der Waals surface area contributed by atoms with Crippen LogP contribution in [0.5, 0.6) is 0 Å². The SMILES string of the molecule is CS(=O)(=O)c1ccc(N2CC(C(=O)O)CC2=O)cc1. The van der Waals surface area contributed by atoms with Gasteiger partial charge >= 0.3 is 5.97 Å². The molecule has 2 rings (SSSR count). The van der Waals surface area contributed by atoms with E-state index < -0.39 is 21.7 Å². The van der Waals surface area contributed by atoms with Gasteiger partial charge in [0.25, 0.3) is 0 Å². The number of hydrogen-bond acceptors (Lipinski definition) is 4. The molecule has 1 amide bonds. The summed E-state index contributed by atoms with van der Waals surface area (Å²) in [7, 11) is -3.28. The topological polar surface area (TPSA) is 91.8 Å². The highest BCUT2D eigenvalue weighted by Crippen LogP contribution is 2.26. The second-order valence-electron chi connectivity index (χ2n) is 4.51. The molecule has 0 radical (unpaired) electrons. The first-order valence-electron chi connectivity index (χ1n) is 5.62. The molecule has 102 valence electrons. The molecule has 0 saturated carbocycles. The lowest BCUT2D eigenvalue weighted by atomic mass is 10.1. The first kappa shape index (κ1) is 13.5. The molecule has 1 fully saturated rings. The summed E-state index contributed by atoms with van der Waals surface area (Å²) in [5.41, 5.74) is 0.515. The highest BCUT2D eigenvalue weighted by molar-refractivity contribution is 7.90. The fourth-order valence-electron chi connectivity index (χ4n) is 2.00. The van der Waals surface area contributed by atoms with Crippen molar-refractivity contribution < 1.29 is 23.1 Å². The van der Waals surface area contributed by atoms with Crippen LogP contribution in [0.25, 0.3) is 0 Å². The molecule has 0 aromatic heterocycles. The molecule has 6 nitrogen and oxygen atoms in total. The summed E-state index contributed by atoms with van der Waals surface area (Å²) in [6.07, 6.45) is 1.08. The molecule has 1 aromatic carbocycles. The molecule has 1 aliphatic rings. The zero-order valence-electron chi connectivity index (χ0n) is 10.2. The van der Waals surface area contributed by atoms with Crippen molar-refractivity contribution in [2.45, 2.75) is 11.3 Å². The molecule has 1 saturated heterocycles. The number of benzene rings is 1. The summed E-state index contributed by atoms with van der Waals surface area (Å²) in [5.74, 6) is -1.97. The number of nitrogens with zero attached hydrogens (tertiary/aromatic N) is 1. The molecular formula is C12H13NO5S. The number of aliphatic carboxylic acids is 1.